The number of amides is 1. The van der Waals surface area contributed by atoms with E-state index in [1.54, 1.807) is 30.5 Å². The monoisotopic (exact) mass is 1050 g/mol. The number of nitrogens with zero attached hydrogens (tertiary/aromatic N) is 6. The second-order valence-electron chi connectivity index (χ2n) is 18.3. The van der Waals surface area contributed by atoms with Crippen molar-refractivity contribution in [2.45, 2.75) is 68.9 Å². The lowest BCUT2D eigenvalue weighted by Crippen LogP contribution is -2.54. The van der Waals surface area contributed by atoms with Crippen LogP contribution in [0.15, 0.2) is 66.9 Å². The molecule has 0 saturated carbocycles. The number of nitrogens with two attached hydrogens (primary N) is 2. The van der Waals surface area contributed by atoms with Gasteiger partial charge in [0.25, 0.3) is 5.91 Å². The molecule has 4 fully saturated rings. The van der Waals surface area contributed by atoms with E-state index in [2.05, 4.69) is 47.4 Å². The molecule has 0 spiro atoms. The summed E-state index contributed by atoms with van der Waals surface area (Å²) >= 11 is 0. The molecular weight excluding hydrogens is 985 g/mol. The molecule has 2 bridgehead atoms. The van der Waals surface area contributed by atoms with Crippen LogP contribution in [0.25, 0.3) is 11.3 Å². The first-order valence-electron chi connectivity index (χ1n) is 25.0. The van der Waals surface area contributed by atoms with Crippen LogP contribution in [0.5, 0.6) is 23.1 Å². The molecule has 8 rings (SSSR count). The summed E-state index contributed by atoms with van der Waals surface area (Å²) in [5.41, 5.74) is 14.1. The van der Waals surface area contributed by atoms with Crippen LogP contribution in [-0.2, 0) is 29.3 Å². The second kappa shape index (κ2) is 26.2. The number of aliphatic hydroxyl groups is 3. The Hall–Kier alpha value is -5.71. The molecule has 0 radical (unpaired) electrons. The minimum absolute atomic E-state index is 0.0120. The highest BCUT2D eigenvalue weighted by Gasteiger charge is 2.41. The van der Waals surface area contributed by atoms with Gasteiger partial charge in [0.1, 0.15) is 18.8 Å². The fourth-order valence-electron chi connectivity index (χ4n) is 9.47. The molecule has 7 atom stereocenters. The topological polar surface area (TPSA) is 310 Å². The Morgan fingerprint density at radius 1 is 0.905 bits per heavy atom. The van der Waals surface area contributed by atoms with Crippen molar-refractivity contribution < 1.29 is 65.3 Å². The molecular formula is C49H68N10O14S. The number of pyridine rings is 1. The first-order valence-corrected chi connectivity index (χ1v) is 26.3. The zero-order valence-corrected chi connectivity index (χ0v) is 42.2. The lowest BCUT2D eigenvalue weighted by molar-refractivity contribution is -0.230. The van der Waals surface area contributed by atoms with Gasteiger partial charge in [0.15, 0.2) is 23.1 Å². The number of carbonyl (C=O) groups excluding carboxylic acids is 1. The zero-order chi connectivity index (χ0) is 52.0. The molecule has 4 aromatic rings. The van der Waals surface area contributed by atoms with Crippen molar-refractivity contribution in [1.82, 2.24) is 30.7 Å². The molecule has 4 aliphatic rings. The molecule has 6 heterocycles. The van der Waals surface area contributed by atoms with Crippen molar-refractivity contribution in [3.8, 4) is 34.4 Å². The summed E-state index contributed by atoms with van der Waals surface area (Å²) in [6.07, 6.45) is -1.75. The average molecular weight is 1050 g/mol. The predicted octanol–water partition coefficient (Wildman–Crippen LogP) is 0.300. The number of nitrogen functional groups attached to an aromatic ring is 1. The normalized spacial score (nSPS) is 23.1. The van der Waals surface area contributed by atoms with Gasteiger partial charge in [-0.2, -0.15) is 0 Å². The summed E-state index contributed by atoms with van der Waals surface area (Å²) in [4.78, 5) is 24.9. The van der Waals surface area contributed by atoms with Gasteiger partial charge in [-0.25, -0.2) is 4.98 Å². The number of hydrogen-bond acceptors (Lipinski definition) is 23. The van der Waals surface area contributed by atoms with Crippen molar-refractivity contribution in [3.05, 3.63) is 72.4 Å². The molecule has 2 aromatic carbocycles. The Bertz CT molecular complexity index is 2560. The van der Waals surface area contributed by atoms with Gasteiger partial charge < -0.3 is 84.0 Å². The van der Waals surface area contributed by atoms with Gasteiger partial charge in [0.2, 0.25) is 12.2 Å². The van der Waals surface area contributed by atoms with Gasteiger partial charge in [-0.1, -0.05) is 12.1 Å². The Morgan fingerprint density at radius 2 is 1.65 bits per heavy atom. The lowest BCUT2D eigenvalue weighted by atomic mass is 10.0. The second-order valence-corrected chi connectivity index (χ2v) is 19.4. The van der Waals surface area contributed by atoms with E-state index in [1.165, 1.54) is 18.2 Å². The van der Waals surface area contributed by atoms with E-state index in [0.29, 0.717) is 70.3 Å². The van der Waals surface area contributed by atoms with E-state index < -0.39 is 53.3 Å². The average Bonchev–Trinajstić information content (AvgIpc) is 3.66. The van der Waals surface area contributed by atoms with Crippen LogP contribution in [-0.4, -0.2) is 198 Å². The van der Waals surface area contributed by atoms with E-state index >= 15 is 0 Å². The van der Waals surface area contributed by atoms with Gasteiger partial charge >= 0.3 is 10.4 Å². The number of fused-ring (bicyclic) bond motifs is 2. The minimum Gasteiger partial charge on any atom is -0.476 e. The van der Waals surface area contributed by atoms with Crippen LogP contribution in [0.3, 0.4) is 0 Å². The molecule has 4 aliphatic heterocycles. The summed E-state index contributed by atoms with van der Waals surface area (Å²) in [6.45, 7) is 9.66. The highest BCUT2D eigenvalue weighted by molar-refractivity contribution is 7.82. The predicted molar refractivity (Wildman–Crippen MR) is 270 cm³/mol. The van der Waals surface area contributed by atoms with Crippen LogP contribution in [0.4, 0.5) is 17.2 Å². The summed E-state index contributed by atoms with van der Waals surface area (Å²) < 4.78 is 73.0. The van der Waals surface area contributed by atoms with Crippen LogP contribution in [0, 0.1) is 0 Å². The minimum atomic E-state index is -5.03. The van der Waals surface area contributed by atoms with Gasteiger partial charge in [0, 0.05) is 106 Å². The summed E-state index contributed by atoms with van der Waals surface area (Å²) in [5, 5.41) is 45.3. The number of nitrogens with one attached hydrogen (secondary N) is 2. The highest BCUT2D eigenvalue weighted by atomic mass is 32.3. The third kappa shape index (κ3) is 14.4. The fraction of sp³-hybridized carbons (Fsp3) is 0.551. The third-order valence-corrected chi connectivity index (χ3v) is 13.9. The van der Waals surface area contributed by atoms with Gasteiger partial charge in [0.05, 0.1) is 63.7 Å². The van der Waals surface area contributed by atoms with E-state index in [0.717, 1.165) is 50.8 Å². The van der Waals surface area contributed by atoms with Crippen LogP contribution in [0.1, 0.15) is 36.5 Å². The maximum Gasteiger partial charge on any atom is 0.501 e. The van der Waals surface area contributed by atoms with Crippen LogP contribution < -0.4 is 49.7 Å². The number of piperazine rings is 2. The standard InChI is InChI=1S/C49H68N10O14S/c1-32-28-52-13-15-57(32)16-19-69-45-25-34(10-12-53-45)59-35-7-8-36(59)30-58(29-35)39-26-38(55-56-48(39)51)37-4-2-3-5-41(37)72-74(64,65)73-43-24-33(49(63)54-14-18-67-21-23-68-22-20-66-17-11-50)6-9-42(43)70-46-27-40(61)47(62)44(31-60)71-46/h2-6,9-10,12,24-26,32,35-36,40,44,46-47,52,60-62H,7-8,11,13-23,27-31,50H2,1H3,(H2,51,56)(H,54,63)/t32-,35?,36?,40-,44-,46-,47-/m1/s1. The third-order valence-electron chi connectivity index (χ3n) is 13.2. The Labute approximate surface area is 430 Å². The van der Waals surface area contributed by atoms with E-state index in [-0.39, 0.29) is 72.4 Å². The Kier molecular flexibility index (Phi) is 19.3. The lowest BCUT2D eigenvalue weighted by Gasteiger charge is -2.43. The van der Waals surface area contributed by atoms with E-state index in [9.17, 15) is 28.5 Å². The van der Waals surface area contributed by atoms with E-state index in [4.69, 9.17) is 48.3 Å². The maximum atomic E-state index is 13.9. The van der Waals surface area contributed by atoms with Crippen molar-refractivity contribution in [2.75, 3.05) is 121 Å². The van der Waals surface area contributed by atoms with Gasteiger partial charge in [-0.3, -0.25) is 9.69 Å². The highest BCUT2D eigenvalue weighted by Crippen LogP contribution is 2.40. The van der Waals surface area contributed by atoms with Gasteiger partial charge in [-0.15, -0.1) is 18.6 Å². The first kappa shape index (κ1) is 54.5. The van der Waals surface area contributed by atoms with Crippen molar-refractivity contribution in [3.63, 3.8) is 0 Å². The summed E-state index contributed by atoms with van der Waals surface area (Å²) in [7, 11) is -5.03. The molecule has 1 amide bonds. The van der Waals surface area contributed by atoms with Crippen LogP contribution >= 0.6 is 0 Å². The molecule has 2 unspecified atom stereocenters. The quantitative estimate of drug-likeness (QED) is 0.0416. The SMILES string of the molecule is C[C@@H]1CNCCN1CCOc1cc(N2C3CCC2CN(c2cc(-c4ccccc4OS(=O)(=O)Oc4cc(C(=O)NCCOCCOCCOCCN)ccc4O[C@H]4C[C@@H](O)[C@@H](O)[C@@H](CO)O4)nnc2N)C3)ccn1. The molecule has 9 N–H and O–H groups in total. The van der Waals surface area contributed by atoms with Crippen molar-refractivity contribution in [2.24, 2.45) is 5.73 Å². The number of rotatable bonds is 26. The number of aromatic nitrogens is 3. The number of ether oxygens (including phenoxy) is 6. The molecule has 2 aromatic heterocycles. The number of carbonyl (C=O) groups is 1. The molecule has 74 heavy (non-hydrogen) atoms. The summed E-state index contributed by atoms with van der Waals surface area (Å²) in [5.74, 6) is -0.642. The Morgan fingerprint density at radius 3 is 2.41 bits per heavy atom. The maximum absolute atomic E-state index is 13.9. The van der Waals surface area contributed by atoms with Crippen molar-refractivity contribution >= 4 is 33.5 Å². The Balaban J connectivity index is 0.932. The smallest absolute Gasteiger partial charge is 0.476 e. The molecule has 24 nitrogen and oxygen atoms in total. The fourth-order valence-corrected chi connectivity index (χ4v) is 10.2. The summed E-state index contributed by atoms with van der Waals surface area (Å²) in [6, 6.07) is 16.6. The number of anilines is 3. The molecule has 0 aliphatic carbocycles. The first-order chi connectivity index (χ1) is 35.9. The van der Waals surface area contributed by atoms with Gasteiger partial charge in [-0.05, 0) is 62.2 Å². The number of hydrogen-bond donors (Lipinski definition) is 7. The zero-order valence-electron chi connectivity index (χ0n) is 41.4. The number of para-hydroxylation sites is 1. The van der Waals surface area contributed by atoms with Crippen molar-refractivity contribution in [1.29, 1.82) is 0 Å². The molecule has 25 heteroatoms. The molecule has 4 saturated heterocycles. The largest absolute Gasteiger partial charge is 0.501 e. The number of aliphatic hydroxyl groups excluding tert-OH is 3. The molecule has 404 valence electrons. The van der Waals surface area contributed by atoms with Crippen LogP contribution in [0.2, 0.25) is 0 Å². The number of benzene rings is 2. The van der Waals surface area contributed by atoms with E-state index in [1.807, 2.05) is 12.1 Å².